The van der Waals surface area contributed by atoms with Crippen LogP contribution in [-0.4, -0.2) is 18.1 Å². The van der Waals surface area contributed by atoms with Crippen molar-refractivity contribution in [2.75, 3.05) is 18.0 Å². The van der Waals surface area contributed by atoms with E-state index < -0.39 is 5.82 Å². The Morgan fingerprint density at radius 2 is 2.31 bits per heavy atom. The van der Waals surface area contributed by atoms with Gasteiger partial charge in [-0.2, -0.15) is 0 Å². The van der Waals surface area contributed by atoms with E-state index in [0.29, 0.717) is 11.6 Å². The lowest BCUT2D eigenvalue weighted by Gasteiger charge is -2.39. The molecule has 0 amide bonds. The molecule has 2 heterocycles. The molecule has 2 rings (SSSR count). The molecule has 4 heteroatoms. The van der Waals surface area contributed by atoms with E-state index in [-0.39, 0.29) is 5.15 Å². The SMILES string of the molecule is CC1CN(c2ccnc(Cl)c2F)C1. The summed E-state index contributed by atoms with van der Waals surface area (Å²) in [6.45, 7) is 3.94. The quantitative estimate of drug-likeness (QED) is 0.647. The molecule has 1 aliphatic heterocycles. The first-order chi connectivity index (χ1) is 6.18. The normalized spacial score (nSPS) is 17.3. The molecule has 2 nitrogen and oxygen atoms in total. The topological polar surface area (TPSA) is 16.1 Å². The predicted octanol–water partition coefficient (Wildman–Crippen LogP) is 2.33. The van der Waals surface area contributed by atoms with Crippen LogP contribution in [-0.2, 0) is 0 Å². The highest BCUT2D eigenvalue weighted by atomic mass is 35.5. The van der Waals surface area contributed by atoms with Gasteiger partial charge in [-0.25, -0.2) is 9.37 Å². The molecule has 0 radical (unpaired) electrons. The molecule has 1 saturated heterocycles. The van der Waals surface area contributed by atoms with Gasteiger partial charge in [-0.1, -0.05) is 18.5 Å². The zero-order valence-electron chi connectivity index (χ0n) is 7.30. The largest absolute Gasteiger partial charge is 0.368 e. The number of rotatable bonds is 1. The molecule has 0 atom stereocenters. The Hall–Kier alpha value is -0.830. The Bertz CT molecular complexity index is 323. The summed E-state index contributed by atoms with van der Waals surface area (Å²) in [5.41, 5.74) is 0.568. The van der Waals surface area contributed by atoms with Crippen molar-refractivity contribution in [3.05, 3.63) is 23.2 Å². The van der Waals surface area contributed by atoms with Crippen LogP contribution < -0.4 is 4.90 Å². The summed E-state index contributed by atoms with van der Waals surface area (Å²) in [5, 5.41) is -0.0444. The molecule has 0 bridgehead atoms. The van der Waals surface area contributed by atoms with Crippen LogP contribution in [0.3, 0.4) is 0 Å². The Morgan fingerprint density at radius 3 is 2.92 bits per heavy atom. The predicted molar refractivity (Wildman–Crippen MR) is 50.6 cm³/mol. The lowest BCUT2D eigenvalue weighted by molar-refractivity contribution is 0.439. The van der Waals surface area contributed by atoms with Crippen LogP contribution in [0.25, 0.3) is 0 Å². The van der Waals surface area contributed by atoms with E-state index in [4.69, 9.17) is 11.6 Å². The summed E-state index contributed by atoms with van der Waals surface area (Å²) in [4.78, 5) is 5.63. The minimum atomic E-state index is -0.406. The van der Waals surface area contributed by atoms with Crippen molar-refractivity contribution in [1.29, 1.82) is 0 Å². The molecule has 1 fully saturated rings. The maximum absolute atomic E-state index is 13.4. The van der Waals surface area contributed by atoms with Crippen molar-refractivity contribution in [2.45, 2.75) is 6.92 Å². The number of hydrogen-bond acceptors (Lipinski definition) is 2. The fourth-order valence-corrected chi connectivity index (χ4v) is 1.70. The van der Waals surface area contributed by atoms with Gasteiger partial charge < -0.3 is 4.90 Å². The van der Waals surface area contributed by atoms with Crippen molar-refractivity contribution in [3.8, 4) is 0 Å². The summed E-state index contributed by atoms with van der Waals surface area (Å²) in [7, 11) is 0. The van der Waals surface area contributed by atoms with Gasteiger partial charge in [-0.3, -0.25) is 0 Å². The number of halogens is 2. The van der Waals surface area contributed by atoms with Gasteiger partial charge in [0.15, 0.2) is 11.0 Å². The highest BCUT2D eigenvalue weighted by Crippen LogP contribution is 2.28. The number of nitrogens with zero attached hydrogens (tertiary/aromatic N) is 2. The van der Waals surface area contributed by atoms with Gasteiger partial charge in [-0.05, 0) is 12.0 Å². The summed E-state index contributed by atoms with van der Waals surface area (Å²) in [6, 6.07) is 1.66. The summed E-state index contributed by atoms with van der Waals surface area (Å²) in [5.74, 6) is 0.238. The third-order valence-electron chi connectivity index (χ3n) is 2.23. The molecule has 0 saturated carbocycles. The molecule has 0 aromatic carbocycles. The second-order valence-corrected chi connectivity index (χ2v) is 3.80. The minimum Gasteiger partial charge on any atom is -0.368 e. The number of pyridine rings is 1. The summed E-state index contributed by atoms with van der Waals surface area (Å²) < 4.78 is 13.4. The number of anilines is 1. The molecule has 0 unspecified atom stereocenters. The van der Waals surface area contributed by atoms with Crippen LogP contribution in [0, 0.1) is 11.7 Å². The van der Waals surface area contributed by atoms with Crippen LogP contribution in [0.5, 0.6) is 0 Å². The summed E-state index contributed by atoms with van der Waals surface area (Å²) in [6.07, 6.45) is 1.53. The zero-order valence-corrected chi connectivity index (χ0v) is 8.05. The van der Waals surface area contributed by atoms with E-state index in [2.05, 4.69) is 11.9 Å². The maximum Gasteiger partial charge on any atom is 0.183 e. The van der Waals surface area contributed by atoms with Crippen LogP contribution in [0.15, 0.2) is 12.3 Å². The van der Waals surface area contributed by atoms with Crippen molar-refractivity contribution in [2.24, 2.45) is 5.92 Å². The van der Waals surface area contributed by atoms with Gasteiger partial charge in [0.1, 0.15) is 0 Å². The number of hydrogen-bond donors (Lipinski definition) is 0. The monoisotopic (exact) mass is 200 g/mol. The molecule has 1 aromatic heterocycles. The lowest BCUT2D eigenvalue weighted by atomic mass is 10.0. The van der Waals surface area contributed by atoms with Crippen LogP contribution >= 0.6 is 11.6 Å². The van der Waals surface area contributed by atoms with Crippen LogP contribution in [0.1, 0.15) is 6.92 Å². The van der Waals surface area contributed by atoms with Gasteiger partial charge in [0.2, 0.25) is 0 Å². The van der Waals surface area contributed by atoms with E-state index in [1.807, 2.05) is 4.90 Å². The maximum atomic E-state index is 13.4. The van der Waals surface area contributed by atoms with E-state index in [1.54, 1.807) is 6.07 Å². The van der Waals surface area contributed by atoms with Crippen LogP contribution in [0.4, 0.5) is 10.1 Å². The van der Waals surface area contributed by atoms with Crippen molar-refractivity contribution < 1.29 is 4.39 Å². The first-order valence-electron chi connectivity index (χ1n) is 4.23. The highest BCUT2D eigenvalue weighted by molar-refractivity contribution is 6.29. The Labute approximate surface area is 81.3 Å². The summed E-state index contributed by atoms with van der Waals surface area (Å²) >= 11 is 5.56. The van der Waals surface area contributed by atoms with E-state index >= 15 is 0 Å². The van der Waals surface area contributed by atoms with Gasteiger partial charge in [0.05, 0.1) is 5.69 Å². The third kappa shape index (κ3) is 1.48. The molecule has 13 heavy (non-hydrogen) atoms. The fourth-order valence-electron chi connectivity index (χ4n) is 1.55. The second kappa shape index (κ2) is 3.14. The molecular formula is C9H10ClFN2. The fraction of sp³-hybridized carbons (Fsp3) is 0.444. The van der Waals surface area contributed by atoms with Gasteiger partial charge >= 0.3 is 0 Å². The first kappa shape index (κ1) is 8.75. The average molecular weight is 201 g/mol. The van der Waals surface area contributed by atoms with Crippen molar-refractivity contribution in [1.82, 2.24) is 4.98 Å². The Balaban J connectivity index is 2.26. The van der Waals surface area contributed by atoms with Gasteiger partial charge in [0.25, 0.3) is 0 Å². The van der Waals surface area contributed by atoms with E-state index in [0.717, 1.165) is 13.1 Å². The zero-order chi connectivity index (χ0) is 9.42. The van der Waals surface area contributed by atoms with E-state index in [1.165, 1.54) is 6.20 Å². The molecule has 1 aromatic rings. The molecular weight excluding hydrogens is 191 g/mol. The molecule has 70 valence electrons. The smallest absolute Gasteiger partial charge is 0.183 e. The molecule has 0 aliphatic carbocycles. The standard InChI is InChI=1S/C9H10ClFN2/c1-6-4-13(5-6)7-2-3-12-9(10)8(7)11/h2-3,6H,4-5H2,1H3. The molecule has 0 spiro atoms. The lowest BCUT2D eigenvalue weighted by Crippen LogP contribution is -2.45. The molecule has 1 aliphatic rings. The Morgan fingerprint density at radius 1 is 1.62 bits per heavy atom. The number of aromatic nitrogens is 1. The Kier molecular flexibility index (Phi) is 2.12. The minimum absolute atomic E-state index is 0.0444. The van der Waals surface area contributed by atoms with Gasteiger partial charge in [0, 0.05) is 19.3 Å². The first-order valence-corrected chi connectivity index (χ1v) is 4.61. The van der Waals surface area contributed by atoms with Crippen LogP contribution in [0.2, 0.25) is 5.15 Å². The van der Waals surface area contributed by atoms with Gasteiger partial charge in [-0.15, -0.1) is 0 Å². The highest BCUT2D eigenvalue weighted by Gasteiger charge is 2.25. The van der Waals surface area contributed by atoms with Crippen molar-refractivity contribution >= 4 is 17.3 Å². The third-order valence-corrected chi connectivity index (χ3v) is 2.49. The van der Waals surface area contributed by atoms with Crippen molar-refractivity contribution in [3.63, 3.8) is 0 Å². The van der Waals surface area contributed by atoms with E-state index in [9.17, 15) is 4.39 Å². The second-order valence-electron chi connectivity index (χ2n) is 3.45. The molecule has 0 N–H and O–H groups in total. The average Bonchev–Trinajstić information content (AvgIpc) is 2.05.